The van der Waals surface area contributed by atoms with E-state index >= 15 is 0 Å². The normalized spacial score (nSPS) is 26.7. The zero-order chi connectivity index (χ0) is 28.3. The molecule has 1 aliphatic heterocycles. The van der Waals surface area contributed by atoms with Crippen LogP contribution in [0.2, 0.25) is 0 Å². The highest BCUT2D eigenvalue weighted by molar-refractivity contribution is 5.85. The van der Waals surface area contributed by atoms with Gasteiger partial charge in [0.25, 0.3) is 0 Å². The Bertz CT molecular complexity index is 1790. The molecule has 2 aromatic rings. The number of fused-ring (bicyclic) bond motifs is 7. The second-order valence-electron chi connectivity index (χ2n) is 13.1. The fourth-order valence-electron chi connectivity index (χ4n) is 8.40. The number of benzene rings is 1. The Morgan fingerprint density at radius 1 is 0.767 bits per heavy atom. The first-order chi connectivity index (χ1) is 21.3. The Hall–Kier alpha value is -4.05. The Kier molecular flexibility index (Phi) is 6.09. The maximum absolute atomic E-state index is 6.60. The molecule has 4 nitrogen and oxygen atoms in total. The summed E-state index contributed by atoms with van der Waals surface area (Å²) in [5.41, 5.74) is 11.2. The van der Waals surface area contributed by atoms with Gasteiger partial charge in [0.15, 0.2) is 11.6 Å². The topological polar surface area (TPSA) is 47.9 Å². The average Bonchev–Trinajstić information content (AvgIpc) is 3.47. The Morgan fingerprint density at radius 3 is 2.65 bits per heavy atom. The molecule has 7 aliphatic rings. The smallest absolute Gasteiger partial charge is 0.167 e. The van der Waals surface area contributed by atoms with E-state index in [0.29, 0.717) is 11.8 Å². The van der Waals surface area contributed by atoms with Crippen LogP contribution in [0.5, 0.6) is 0 Å². The van der Waals surface area contributed by atoms with E-state index in [1.807, 2.05) is 0 Å². The Morgan fingerprint density at radius 2 is 1.70 bits per heavy atom. The summed E-state index contributed by atoms with van der Waals surface area (Å²) in [5, 5.41) is 0. The molecule has 1 aromatic heterocycles. The molecular weight excluding hydrogens is 526 g/mol. The molecule has 0 spiro atoms. The molecular formula is C39H37N3O. The Labute approximate surface area is 254 Å². The summed E-state index contributed by atoms with van der Waals surface area (Å²) in [6, 6.07) is 4.72. The minimum atomic E-state index is 0.157. The van der Waals surface area contributed by atoms with Crippen LogP contribution in [0, 0.1) is 11.8 Å². The summed E-state index contributed by atoms with van der Waals surface area (Å²) in [5.74, 6) is 5.91. The van der Waals surface area contributed by atoms with Gasteiger partial charge in [0.2, 0.25) is 0 Å². The number of allylic oxidation sites excluding steroid dienone is 14. The molecule has 0 saturated carbocycles. The van der Waals surface area contributed by atoms with Gasteiger partial charge in [-0.25, -0.2) is 15.0 Å². The van der Waals surface area contributed by atoms with Crippen molar-refractivity contribution in [3.63, 3.8) is 0 Å². The van der Waals surface area contributed by atoms with Gasteiger partial charge in [0.1, 0.15) is 17.3 Å². The summed E-state index contributed by atoms with van der Waals surface area (Å²) in [6.07, 6.45) is 34.7. The van der Waals surface area contributed by atoms with Gasteiger partial charge < -0.3 is 4.74 Å². The van der Waals surface area contributed by atoms with Crippen molar-refractivity contribution in [1.82, 2.24) is 15.0 Å². The quantitative estimate of drug-likeness (QED) is 0.374. The fourth-order valence-corrected chi connectivity index (χ4v) is 8.40. The van der Waals surface area contributed by atoms with E-state index in [1.54, 1.807) is 11.1 Å². The third-order valence-corrected chi connectivity index (χ3v) is 10.6. The second-order valence-corrected chi connectivity index (χ2v) is 13.1. The molecule has 2 heterocycles. The van der Waals surface area contributed by atoms with Crippen LogP contribution < -0.4 is 0 Å². The lowest BCUT2D eigenvalue weighted by molar-refractivity contribution is 0.290. The molecule has 0 saturated heterocycles. The molecule has 6 aliphatic carbocycles. The number of nitrogens with zero attached hydrogens (tertiary/aromatic N) is 3. The van der Waals surface area contributed by atoms with E-state index in [0.717, 1.165) is 67.3 Å². The lowest BCUT2D eigenvalue weighted by Crippen LogP contribution is -2.18. The van der Waals surface area contributed by atoms with Crippen LogP contribution in [0.1, 0.15) is 103 Å². The maximum atomic E-state index is 6.60. The Balaban J connectivity index is 1.13. The molecule has 2 unspecified atom stereocenters. The number of hydrogen-bond donors (Lipinski definition) is 0. The van der Waals surface area contributed by atoms with Crippen LogP contribution in [0.3, 0.4) is 0 Å². The van der Waals surface area contributed by atoms with E-state index in [9.17, 15) is 0 Å². The number of aromatic nitrogens is 3. The lowest BCUT2D eigenvalue weighted by Gasteiger charge is -2.32. The van der Waals surface area contributed by atoms with Crippen molar-refractivity contribution in [3.8, 4) is 0 Å². The predicted octanol–water partition coefficient (Wildman–Crippen LogP) is 9.01. The number of hydrogen-bond acceptors (Lipinski definition) is 4. The third kappa shape index (κ3) is 4.29. The molecule has 0 N–H and O–H groups in total. The zero-order valence-corrected chi connectivity index (χ0v) is 24.7. The highest BCUT2D eigenvalue weighted by Gasteiger charge is 2.37. The van der Waals surface area contributed by atoms with E-state index in [4.69, 9.17) is 19.7 Å². The minimum Gasteiger partial charge on any atom is -0.465 e. The standard InChI is InChI=1S/C39H37N3O/c1-2-10-25(11-3-1)37-40-38(42-39(41-37)34-15-8-14-33-32-13-6-7-16-35(32)43-36(33)34)27-19-20-29-26(23-27)18-22-30-28-12-5-4-9-24(28)17-21-31(29)30/h1-5,8,10,12,15,18,22-25,33H,6-7,9,11,13-14,16-17,19-21H2/t24?,25?,33-/m0/s1. The molecule has 214 valence electrons. The van der Waals surface area contributed by atoms with E-state index in [2.05, 4.69) is 72.9 Å². The molecule has 9 rings (SSSR count). The van der Waals surface area contributed by atoms with Gasteiger partial charge >= 0.3 is 0 Å². The van der Waals surface area contributed by atoms with Crippen LogP contribution >= 0.6 is 0 Å². The predicted molar refractivity (Wildman–Crippen MR) is 172 cm³/mol. The van der Waals surface area contributed by atoms with Crippen molar-refractivity contribution in [2.45, 2.75) is 76.5 Å². The van der Waals surface area contributed by atoms with E-state index in [-0.39, 0.29) is 5.92 Å². The zero-order valence-electron chi connectivity index (χ0n) is 24.7. The van der Waals surface area contributed by atoms with Crippen LogP contribution in [-0.2, 0) is 17.6 Å². The van der Waals surface area contributed by atoms with Crippen molar-refractivity contribution in [1.29, 1.82) is 0 Å². The molecule has 0 bridgehead atoms. The largest absolute Gasteiger partial charge is 0.465 e. The van der Waals surface area contributed by atoms with E-state index < -0.39 is 0 Å². The van der Waals surface area contributed by atoms with Gasteiger partial charge in [0.05, 0.1) is 5.57 Å². The summed E-state index contributed by atoms with van der Waals surface area (Å²) < 4.78 is 6.60. The van der Waals surface area contributed by atoms with Crippen LogP contribution in [0.25, 0.3) is 22.8 Å². The van der Waals surface area contributed by atoms with Crippen LogP contribution in [0.15, 0.2) is 83.9 Å². The molecule has 0 radical (unpaired) electrons. The van der Waals surface area contributed by atoms with Gasteiger partial charge in [0, 0.05) is 18.3 Å². The highest BCUT2D eigenvalue weighted by Crippen LogP contribution is 2.48. The van der Waals surface area contributed by atoms with Gasteiger partial charge in [-0.05, 0) is 115 Å². The van der Waals surface area contributed by atoms with Crippen LogP contribution in [0.4, 0.5) is 0 Å². The van der Waals surface area contributed by atoms with Crippen molar-refractivity contribution in [2.75, 3.05) is 0 Å². The molecule has 4 heteroatoms. The SMILES string of the molecule is C1=CCC2CCc3c(ccc4c3CCC(c3nc(C5=C6OC7=C(CCCC7)[C@@H]6CC=C5)nc(C5C=CC=CC5)n3)=C4)C2=C1. The van der Waals surface area contributed by atoms with E-state index in [1.165, 1.54) is 65.7 Å². The van der Waals surface area contributed by atoms with Gasteiger partial charge in [-0.1, -0.05) is 66.8 Å². The van der Waals surface area contributed by atoms with Crippen molar-refractivity contribution >= 4 is 22.8 Å². The summed E-state index contributed by atoms with van der Waals surface area (Å²) >= 11 is 0. The first-order valence-corrected chi connectivity index (χ1v) is 16.4. The lowest BCUT2D eigenvalue weighted by atomic mass is 9.73. The third-order valence-electron chi connectivity index (χ3n) is 10.6. The summed E-state index contributed by atoms with van der Waals surface area (Å²) in [6.45, 7) is 0. The summed E-state index contributed by atoms with van der Waals surface area (Å²) in [7, 11) is 0. The number of ether oxygens (including phenoxy) is 1. The molecule has 0 amide bonds. The summed E-state index contributed by atoms with van der Waals surface area (Å²) in [4.78, 5) is 15.5. The number of rotatable bonds is 3. The first-order valence-electron chi connectivity index (χ1n) is 16.4. The van der Waals surface area contributed by atoms with Gasteiger partial charge in [-0.15, -0.1) is 0 Å². The van der Waals surface area contributed by atoms with Crippen molar-refractivity contribution in [2.24, 2.45) is 11.8 Å². The molecule has 3 atom stereocenters. The first kappa shape index (κ1) is 25.4. The second kappa shape index (κ2) is 10.3. The van der Waals surface area contributed by atoms with Crippen molar-refractivity contribution in [3.05, 3.63) is 124 Å². The van der Waals surface area contributed by atoms with Gasteiger partial charge in [-0.3, -0.25) is 0 Å². The molecule has 0 fully saturated rings. The monoisotopic (exact) mass is 563 g/mol. The van der Waals surface area contributed by atoms with Crippen molar-refractivity contribution < 1.29 is 4.74 Å². The maximum Gasteiger partial charge on any atom is 0.167 e. The van der Waals surface area contributed by atoms with Crippen LogP contribution in [-0.4, -0.2) is 15.0 Å². The van der Waals surface area contributed by atoms with Gasteiger partial charge in [-0.2, -0.15) is 0 Å². The fraction of sp³-hybridized carbons (Fsp3) is 0.359. The average molecular weight is 564 g/mol. The highest BCUT2D eigenvalue weighted by atomic mass is 16.5. The molecule has 1 aromatic carbocycles. The minimum absolute atomic E-state index is 0.157. The molecule has 43 heavy (non-hydrogen) atoms.